The zero-order valence-corrected chi connectivity index (χ0v) is 8.04. The molecule has 2 unspecified atom stereocenters. The molecule has 1 aliphatic heterocycles. The molecule has 2 rings (SSSR count). The van der Waals surface area contributed by atoms with E-state index in [2.05, 4.69) is 4.98 Å². The number of hydrogen-bond donors (Lipinski definition) is 1. The highest BCUT2D eigenvalue weighted by Crippen LogP contribution is 2.26. The van der Waals surface area contributed by atoms with Gasteiger partial charge < -0.3 is 9.84 Å². The number of ether oxygens (including phenoxy) is 1. The molecule has 0 saturated carbocycles. The van der Waals surface area contributed by atoms with Crippen LogP contribution in [0, 0.1) is 5.95 Å². The Hall–Kier alpha value is -0.710. The third-order valence-corrected chi connectivity index (χ3v) is 2.30. The Morgan fingerprint density at radius 2 is 2.43 bits per heavy atom. The first-order valence-electron chi connectivity index (χ1n) is 4.28. The number of epoxide rings is 1. The van der Waals surface area contributed by atoms with Crippen LogP contribution < -0.4 is 0 Å². The first-order chi connectivity index (χ1) is 6.66. The van der Waals surface area contributed by atoms with E-state index in [9.17, 15) is 9.50 Å². The van der Waals surface area contributed by atoms with Crippen LogP contribution in [-0.4, -0.2) is 22.8 Å². The third kappa shape index (κ3) is 2.20. The number of aliphatic hydroxyl groups is 1. The molecule has 0 aromatic carbocycles. The molecular weight excluding hydrogens is 209 g/mol. The molecular formula is C9H9ClFNO2. The summed E-state index contributed by atoms with van der Waals surface area (Å²) in [4.78, 5) is 3.42. The van der Waals surface area contributed by atoms with E-state index in [0.717, 1.165) is 0 Å². The Morgan fingerprint density at radius 1 is 1.71 bits per heavy atom. The van der Waals surface area contributed by atoms with Gasteiger partial charge in [-0.2, -0.15) is 4.39 Å². The van der Waals surface area contributed by atoms with Crippen molar-refractivity contribution in [3.8, 4) is 0 Å². The lowest BCUT2D eigenvalue weighted by molar-refractivity contribution is 0.149. The molecule has 1 fully saturated rings. The smallest absolute Gasteiger partial charge is 0.220 e. The standard InChI is InChI=1S/C9H9ClFNO2/c10-8-2-1-6(9(11)12-8)7(13)3-5-4-14-5/h1-2,5,7,13H,3-4H2. The molecule has 76 valence electrons. The lowest BCUT2D eigenvalue weighted by atomic mass is 10.1. The van der Waals surface area contributed by atoms with Gasteiger partial charge in [0, 0.05) is 12.0 Å². The Labute approximate surface area is 85.5 Å². The number of aromatic nitrogens is 1. The van der Waals surface area contributed by atoms with Crippen molar-refractivity contribution >= 4 is 11.6 Å². The highest BCUT2D eigenvalue weighted by molar-refractivity contribution is 6.29. The van der Waals surface area contributed by atoms with Gasteiger partial charge in [0.05, 0.1) is 18.8 Å². The van der Waals surface area contributed by atoms with E-state index in [4.69, 9.17) is 16.3 Å². The van der Waals surface area contributed by atoms with Gasteiger partial charge in [0.25, 0.3) is 0 Å². The highest BCUT2D eigenvalue weighted by Gasteiger charge is 2.27. The number of aliphatic hydroxyl groups excluding tert-OH is 1. The van der Waals surface area contributed by atoms with Crippen LogP contribution in [0.3, 0.4) is 0 Å². The minimum Gasteiger partial charge on any atom is -0.388 e. The summed E-state index contributed by atoms with van der Waals surface area (Å²) >= 11 is 5.48. The maximum Gasteiger partial charge on any atom is 0.220 e. The topological polar surface area (TPSA) is 45.6 Å². The molecule has 3 nitrogen and oxygen atoms in total. The number of rotatable bonds is 3. The Balaban J connectivity index is 2.13. The first kappa shape index (κ1) is 9.83. The van der Waals surface area contributed by atoms with Crippen LogP contribution in [0.1, 0.15) is 18.1 Å². The molecule has 1 aromatic heterocycles. The number of hydrogen-bond acceptors (Lipinski definition) is 3. The van der Waals surface area contributed by atoms with Crippen molar-refractivity contribution < 1.29 is 14.2 Å². The molecule has 0 radical (unpaired) electrons. The van der Waals surface area contributed by atoms with Gasteiger partial charge in [0.2, 0.25) is 5.95 Å². The van der Waals surface area contributed by atoms with Crippen LogP contribution in [0.4, 0.5) is 4.39 Å². The highest BCUT2D eigenvalue weighted by atomic mass is 35.5. The molecule has 5 heteroatoms. The molecule has 0 amide bonds. The van der Waals surface area contributed by atoms with Gasteiger partial charge in [-0.1, -0.05) is 11.6 Å². The Bertz CT molecular complexity index is 344. The largest absolute Gasteiger partial charge is 0.388 e. The van der Waals surface area contributed by atoms with Crippen molar-refractivity contribution in [3.63, 3.8) is 0 Å². The zero-order valence-electron chi connectivity index (χ0n) is 7.28. The predicted molar refractivity (Wildman–Crippen MR) is 48.5 cm³/mol. The average molecular weight is 218 g/mol. The van der Waals surface area contributed by atoms with Crippen LogP contribution in [0.15, 0.2) is 12.1 Å². The zero-order chi connectivity index (χ0) is 10.1. The molecule has 1 saturated heterocycles. The van der Waals surface area contributed by atoms with Crippen molar-refractivity contribution in [3.05, 3.63) is 28.8 Å². The van der Waals surface area contributed by atoms with Crippen LogP contribution in [-0.2, 0) is 4.74 Å². The molecule has 2 heterocycles. The quantitative estimate of drug-likeness (QED) is 0.619. The van der Waals surface area contributed by atoms with E-state index in [1.54, 1.807) is 0 Å². The Morgan fingerprint density at radius 3 is 3.00 bits per heavy atom. The second-order valence-electron chi connectivity index (χ2n) is 3.22. The maximum atomic E-state index is 13.2. The third-order valence-electron chi connectivity index (χ3n) is 2.09. The summed E-state index contributed by atoms with van der Waals surface area (Å²) in [6.07, 6.45) is -0.410. The minimum absolute atomic E-state index is 0.0556. The second kappa shape index (κ2) is 3.81. The van der Waals surface area contributed by atoms with E-state index in [-0.39, 0.29) is 16.8 Å². The number of nitrogens with zero attached hydrogens (tertiary/aromatic N) is 1. The van der Waals surface area contributed by atoms with Gasteiger partial charge in [-0.05, 0) is 12.1 Å². The number of halogens is 2. The molecule has 1 aliphatic rings. The second-order valence-corrected chi connectivity index (χ2v) is 3.61. The number of pyridine rings is 1. The van der Waals surface area contributed by atoms with Crippen molar-refractivity contribution in [2.75, 3.05) is 6.61 Å². The predicted octanol–water partition coefficient (Wildman–Crippen LogP) is 1.70. The lowest BCUT2D eigenvalue weighted by Gasteiger charge is -2.09. The van der Waals surface area contributed by atoms with Crippen molar-refractivity contribution in [1.82, 2.24) is 4.98 Å². The van der Waals surface area contributed by atoms with E-state index in [1.807, 2.05) is 0 Å². The van der Waals surface area contributed by atoms with E-state index >= 15 is 0 Å². The molecule has 0 aliphatic carbocycles. The van der Waals surface area contributed by atoms with E-state index in [0.29, 0.717) is 13.0 Å². The van der Waals surface area contributed by atoms with Crippen molar-refractivity contribution in [2.45, 2.75) is 18.6 Å². The monoisotopic (exact) mass is 217 g/mol. The average Bonchev–Trinajstić information content (AvgIpc) is 2.87. The Kier molecular flexibility index (Phi) is 2.67. The van der Waals surface area contributed by atoms with Crippen LogP contribution >= 0.6 is 11.6 Å². The summed E-state index contributed by atoms with van der Waals surface area (Å²) in [6.45, 7) is 0.639. The van der Waals surface area contributed by atoms with E-state index in [1.165, 1.54) is 12.1 Å². The molecule has 0 bridgehead atoms. The van der Waals surface area contributed by atoms with Crippen LogP contribution in [0.2, 0.25) is 5.15 Å². The van der Waals surface area contributed by atoms with Crippen molar-refractivity contribution in [1.29, 1.82) is 0 Å². The minimum atomic E-state index is -0.868. The molecule has 1 aromatic rings. The molecule has 0 spiro atoms. The maximum absolute atomic E-state index is 13.2. The van der Waals surface area contributed by atoms with E-state index < -0.39 is 12.1 Å². The normalized spacial score (nSPS) is 22.1. The van der Waals surface area contributed by atoms with Gasteiger partial charge in [-0.3, -0.25) is 0 Å². The fourth-order valence-corrected chi connectivity index (χ4v) is 1.39. The summed E-state index contributed by atoms with van der Waals surface area (Å²) < 4.78 is 18.1. The molecule has 2 atom stereocenters. The summed E-state index contributed by atoms with van der Waals surface area (Å²) in [5.74, 6) is -0.717. The molecule has 14 heavy (non-hydrogen) atoms. The first-order valence-corrected chi connectivity index (χ1v) is 4.66. The summed E-state index contributed by atoms with van der Waals surface area (Å²) in [7, 11) is 0. The van der Waals surface area contributed by atoms with Gasteiger partial charge in [0.1, 0.15) is 5.15 Å². The van der Waals surface area contributed by atoms with Gasteiger partial charge in [-0.25, -0.2) is 4.98 Å². The summed E-state index contributed by atoms with van der Waals surface area (Å²) in [5.41, 5.74) is 0.171. The van der Waals surface area contributed by atoms with Crippen LogP contribution in [0.25, 0.3) is 0 Å². The SMILES string of the molecule is OC(CC1CO1)c1ccc(Cl)nc1F. The van der Waals surface area contributed by atoms with Crippen LogP contribution in [0.5, 0.6) is 0 Å². The summed E-state index contributed by atoms with van der Waals surface area (Å²) in [5, 5.41) is 9.68. The lowest BCUT2D eigenvalue weighted by Crippen LogP contribution is -2.05. The summed E-state index contributed by atoms with van der Waals surface area (Å²) in [6, 6.07) is 2.90. The van der Waals surface area contributed by atoms with Gasteiger partial charge in [-0.15, -0.1) is 0 Å². The van der Waals surface area contributed by atoms with Gasteiger partial charge in [0.15, 0.2) is 0 Å². The fourth-order valence-electron chi connectivity index (χ4n) is 1.25. The van der Waals surface area contributed by atoms with Gasteiger partial charge >= 0.3 is 0 Å². The fraction of sp³-hybridized carbons (Fsp3) is 0.444. The molecule has 1 N–H and O–H groups in total. The van der Waals surface area contributed by atoms with Crippen molar-refractivity contribution in [2.24, 2.45) is 0 Å².